The van der Waals surface area contributed by atoms with Crippen molar-refractivity contribution in [1.29, 1.82) is 0 Å². The van der Waals surface area contributed by atoms with Gasteiger partial charge in [-0.05, 0) is 38.5 Å². The Morgan fingerprint density at radius 1 is 1.07 bits per heavy atom. The summed E-state index contributed by atoms with van der Waals surface area (Å²) in [4.78, 5) is 2.32. The minimum atomic E-state index is -0.146. The van der Waals surface area contributed by atoms with Gasteiger partial charge in [0.05, 0.1) is 0 Å². The molecule has 0 amide bonds. The molecular formula is C12H23NO. The molecule has 2 heteroatoms. The van der Waals surface area contributed by atoms with Crippen LogP contribution in [0, 0.1) is 5.92 Å². The summed E-state index contributed by atoms with van der Waals surface area (Å²) >= 11 is 0. The molecule has 82 valence electrons. The molecule has 1 N–H and O–H groups in total. The summed E-state index contributed by atoms with van der Waals surface area (Å²) in [6.45, 7) is 3.36. The van der Waals surface area contributed by atoms with Gasteiger partial charge in [0.2, 0.25) is 0 Å². The van der Waals surface area contributed by atoms with Crippen molar-refractivity contribution in [2.45, 2.75) is 64.1 Å². The number of hydrogen-bond acceptors (Lipinski definition) is 2. The highest BCUT2D eigenvalue weighted by molar-refractivity contribution is 4.82. The second-order valence-electron chi connectivity index (χ2n) is 5.04. The number of rotatable bonds is 2. The van der Waals surface area contributed by atoms with Gasteiger partial charge in [-0.2, -0.15) is 0 Å². The van der Waals surface area contributed by atoms with Gasteiger partial charge in [-0.1, -0.05) is 19.3 Å². The molecule has 2 nitrogen and oxygen atoms in total. The van der Waals surface area contributed by atoms with Crippen LogP contribution in [-0.4, -0.2) is 28.8 Å². The molecule has 14 heavy (non-hydrogen) atoms. The second kappa shape index (κ2) is 4.63. The zero-order valence-electron chi connectivity index (χ0n) is 9.28. The first kappa shape index (κ1) is 10.4. The van der Waals surface area contributed by atoms with Crippen molar-refractivity contribution in [3.63, 3.8) is 0 Å². The Morgan fingerprint density at radius 2 is 1.79 bits per heavy atom. The smallest absolute Gasteiger partial charge is 0.110 e. The predicted octanol–water partition coefficient (Wildman–Crippen LogP) is 2.37. The quantitative estimate of drug-likeness (QED) is 0.734. The summed E-state index contributed by atoms with van der Waals surface area (Å²) < 4.78 is 0. The zero-order chi connectivity index (χ0) is 9.97. The highest BCUT2D eigenvalue weighted by Crippen LogP contribution is 2.31. The van der Waals surface area contributed by atoms with Crippen molar-refractivity contribution in [2.75, 3.05) is 6.54 Å². The Balaban J connectivity index is 1.89. The van der Waals surface area contributed by atoms with Crippen LogP contribution in [0.2, 0.25) is 0 Å². The lowest BCUT2D eigenvalue weighted by Gasteiger charge is -2.35. The monoisotopic (exact) mass is 197 g/mol. The third-order valence-electron chi connectivity index (χ3n) is 4.02. The van der Waals surface area contributed by atoms with Crippen molar-refractivity contribution in [1.82, 2.24) is 4.90 Å². The van der Waals surface area contributed by atoms with Gasteiger partial charge in [-0.3, -0.25) is 4.90 Å². The van der Waals surface area contributed by atoms with E-state index in [9.17, 15) is 5.11 Å². The maximum absolute atomic E-state index is 10.3. The van der Waals surface area contributed by atoms with E-state index in [2.05, 4.69) is 11.8 Å². The van der Waals surface area contributed by atoms with E-state index < -0.39 is 0 Å². The van der Waals surface area contributed by atoms with Crippen molar-refractivity contribution in [3.05, 3.63) is 0 Å². The van der Waals surface area contributed by atoms with Crippen molar-refractivity contribution < 1.29 is 5.11 Å². The molecule has 2 rings (SSSR count). The fraction of sp³-hybridized carbons (Fsp3) is 1.00. The van der Waals surface area contributed by atoms with Gasteiger partial charge in [-0.25, -0.2) is 0 Å². The third-order valence-corrected chi connectivity index (χ3v) is 4.02. The minimum Gasteiger partial charge on any atom is -0.378 e. The first-order valence-corrected chi connectivity index (χ1v) is 6.23. The molecule has 1 heterocycles. The summed E-state index contributed by atoms with van der Waals surface area (Å²) in [6.07, 6.45) is 8.89. The van der Waals surface area contributed by atoms with E-state index in [4.69, 9.17) is 0 Å². The summed E-state index contributed by atoms with van der Waals surface area (Å²) in [5, 5.41) is 10.3. The van der Waals surface area contributed by atoms with Gasteiger partial charge in [0, 0.05) is 12.6 Å². The van der Waals surface area contributed by atoms with Crippen LogP contribution in [0.1, 0.15) is 51.9 Å². The van der Waals surface area contributed by atoms with E-state index in [0.29, 0.717) is 12.0 Å². The van der Waals surface area contributed by atoms with Crippen LogP contribution in [0.25, 0.3) is 0 Å². The lowest BCUT2D eigenvalue weighted by atomic mass is 9.87. The van der Waals surface area contributed by atoms with Gasteiger partial charge in [0.1, 0.15) is 6.23 Å². The zero-order valence-corrected chi connectivity index (χ0v) is 9.28. The molecule has 0 aromatic rings. The molecule has 2 fully saturated rings. The van der Waals surface area contributed by atoms with Crippen LogP contribution < -0.4 is 0 Å². The van der Waals surface area contributed by atoms with Gasteiger partial charge >= 0.3 is 0 Å². The SMILES string of the molecule is CC1CCCN1C(O)C1CCCCC1. The Hall–Kier alpha value is -0.0800. The molecule has 0 spiro atoms. The van der Waals surface area contributed by atoms with Gasteiger partial charge < -0.3 is 5.11 Å². The van der Waals surface area contributed by atoms with E-state index in [0.717, 1.165) is 6.54 Å². The summed E-state index contributed by atoms with van der Waals surface area (Å²) in [6, 6.07) is 0.604. The van der Waals surface area contributed by atoms with Gasteiger partial charge in [-0.15, -0.1) is 0 Å². The Labute approximate surface area is 87.3 Å². The predicted molar refractivity (Wildman–Crippen MR) is 58.0 cm³/mol. The topological polar surface area (TPSA) is 23.5 Å². The maximum atomic E-state index is 10.3. The van der Waals surface area contributed by atoms with Gasteiger partial charge in [0.15, 0.2) is 0 Å². The Morgan fingerprint density at radius 3 is 2.36 bits per heavy atom. The average Bonchev–Trinajstić information content (AvgIpc) is 2.65. The van der Waals surface area contributed by atoms with E-state index in [1.165, 1.54) is 44.9 Å². The van der Waals surface area contributed by atoms with E-state index in [-0.39, 0.29) is 6.23 Å². The molecular weight excluding hydrogens is 174 g/mol. The molecule has 1 aliphatic carbocycles. The Bertz CT molecular complexity index is 177. The average molecular weight is 197 g/mol. The molecule has 0 bridgehead atoms. The highest BCUT2D eigenvalue weighted by atomic mass is 16.3. The van der Waals surface area contributed by atoms with Crippen LogP contribution in [0.4, 0.5) is 0 Å². The molecule has 1 aliphatic heterocycles. The van der Waals surface area contributed by atoms with Crippen LogP contribution in [0.5, 0.6) is 0 Å². The highest BCUT2D eigenvalue weighted by Gasteiger charge is 2.32. The molecule has 2 atom stereocenters. The third kappa shape index (κ3) is 2.12. The molecule has 0 aromatic heterocycles. The van der Waals surface area contributed by atoms with Crippen molar-refractivity contribution >= 4 is 0 Å². The normalized spacial score (nSPS) is 33.4. The molecule has 2 unspecified atom stereocenters. The van der Waals surface area contributed by atoms with E-state index >= 15 is 0 Å². The van der Waals surface area contributed by atoms with Crippen molar-refractivity contribution in [2.24, 2.45) is 5.92 Å². The van der Waals surface area contributed by atoms with E-state index in [1.807, 2.05) is 0 Å². The van der Waals surface area contributed by atoms with Crippen LogP contribution >= 0.6 is 0 Å². The molecule has 2 aliphatic rings. The number of nitrogens with zero attached hydrogens (tertiary/aromatic N) is 1. The van der Waals surface area contributed by atoms with Crippen LogP contribution in [0.15, 0.2) is 0 Å². The fourth-order valence-electron chi connectivity index (χ4n) is 3.05. The maximum Gasteiger partial charge on any atom is 0.110 e. The fourth-order valence-corrected chi connectivity index (χ4v) is 3.05. The minimum absolute atomic E-state index is 0.146. The molecule has 1 saturated carbocycles. The Kier molecular flexibility index (Phi) is 3.45. The number of aliphatic hydroxyl groups is 1. The lowest BCUT2D eigenvalue weighted by molar-refractivity contribution is -0.0542. The second-order valence-corrected chi connectivity index (χ2v) is 5.04. The van der Waals surface area contributed by atoms with Crippen LogP contribution in [0.3, 0.4) is 0 Å². The van der Waals surface area contributed by atoms with Crippen LogP contribution in [-0.2, 0) is 0 Å². The summed E-state index contributed by atoms with van der Waals surface area (Å²) in [5.74, 6) is 0.560. The molecule has 0 radical (unpaired) electrons. The first-order valence-electron chi connectivity index (χ1n) is 6.23. The van der Waals surface area contributed by atoms with E-state index in [1.54, 1.807) is 0 Å². The summed E-state index contributed by atoms with van der Waals surface area (Å²) in [7, 11) is 0. The standard InChI is InChI=1S/C12H23NO/c1-10-6-5-9-13(10)12(14)11-7-3-2-4-8-11/h10-12,14H,2-9H2,1H3. The lowest BCUT2D eigenvalue weighted by Crippen LogP contribution is -2.43. The number of likely N-dealkylation sites (tertiary alicyclic amines) is 1. The largest absolute Gasteiger partial charge is 0.378 e. The number of hydrogen-bond donors (Lipinski definition) is 1. The molecule has 1 saturated heterocycles. The first-order chi connectivity index (χ1) is 6.79. The van der Waals surface area contributed by atoms with Gasteiger partial charge in [0.25, 0.3) is 0 Å². The molecule has 0 aromatic carbocycles. The summed E-state index contributed by atoms with van der Waals surface area (Å²) in [5.41, 5.74) is 0. The van der Waals surface area contributed by atoms with Crippen molar-refractivity contribution in [3.8, 4) is 0 Å². The number of aliphatic hydroxyl groups excluding tert-OH is 1.